The van der Waals surface area contributed by atoms with Gasteiger partial charge in [0.1, 0.15) is 24.3 Å². The number of aliphatic hydroxyl groups is 2. The molecule has 8 unspecified atom stereocenters. The number of carbonyl (C=O) groups is 4. The number of aliphatic hydroxyl groups excluding tert-OH is 2. The van der Waals surface area contributed by atoms with Crippen LogP contribution in [0.3, 0.4) is 0 Å². The number of carbonyl (C=O) groups excluding carboxylic acids is 4. The van der Waals surface area contributed by atoms with Crippen LogP contribution in [0, 0.1) is 11.8 Å². The molecule has 4 amide bonds. The SMILES string of the molecule is CC(N)C(=O)NC(C(=O)NC(Cc1ccccc1)C(O)C(O)C(Cc1ccccc1)NC(=O)C(NC(=O)C(C)N)C(C)C)C(C)C. The summed E-state index contributed by atoms with van der Waals surface area (Å²) in [7, 11) is 0. The van der Waals surface area contributed by atoms with Crippen molar-refractivity contribution in [3.8, 4) is 0 Å². The van der Waals surface area contributed by atoms with Crippen LogP contribution in [0.5, 0.6) is 0 Å². The van der Waals surface area contributed by atoms with Crippen molar-refractivity contribution in [1.82, 2.24) is 21.3 Å². The molecule has 0 aliphatic rings. The Balaban J connectivity index is 2.44. The first-order valence-electron chi connectivity index (χ1n) is 15.8. The normalized spacial score (nSPS) is 16.7. The quantitative estimate of drug-likeness (QED) is 0.119. The van der Waals surface area contributed by atoms with Crippen molar-refractivity contribution in [2.24, 2.45) is 23.3 Å². The molecule has 8 atom stereocenters. The van der Waals surface area contributed by atoms with E-state index in [0.717, 1.165) is 11.1 Å². The van der Waals surface area contributed by atoms with Gasteiger partial charge in [0.05, 0.1) is 24.2 Å². The Labute approximate surface area is 272 Å². The third-order valence-corrected chi connectivity index (χ3v) is 7.75. The zero-order chi connectivity index (χ0) is 34.6. The fraction of sp³-hybridized carbons (Fsp3) is 0.529. The van der Waals surface area contributed by atoms with Crippen molar-refractivity contribution in [3.05, 3.63) is 71.8 Å². The molecule has 254 valence electrons. The molecule has 0 saturated carbocycles. The van der Waals surface area contributed by atoms with E-state index in [1.165, 1.54) is 13.8 Å². The lowest BCUT2D eigenvalue weighted by Crippen LogP contribution is -2.62. The van der Waals surface area contributed by atoms with Gasteiger partial charge in [0.2, 0.25) is 23.6 Å². The predicted octanol–water partition coefficient (Wildman–Crippen LogP) is 0.139. The zero-order valence-electron chi connectivity index (χ0n) is 27.6. The van der Waals surface area contributed by atoms with Gasteiger partial charge < -0.3 is 42.9 Å². The first-order valence-corrected chi connectivity index (χ1v) is 15.8. The summed E-state index contributed by atoms with van der Waals surface area (Å²) in [6.07, 6.45) is -2.85. The first kappa shape index (κ1) is 38.3. The predicted molar refractivity (Wildman–Crippen MR) is 177 cm³/mol. The maximum atomic E-state index is 13.6. The molecule has 2 rings (SSSR count). The van der Waals surface area contributed by atoms with E-state index in [-0.39, 0.29) is 24.7 Å². The Morgan fingerprint density at radius 1 is 0.543 bits per heavy atom. The van der Waals surface area contributed by atoms with Gasteiger partial charge in [-0.2, -0.15) is 0 Å². The standard InChI is InChI=1S/C34H52N6O6/c1-19(2)27(39-31(43)21(5)35)33(45)37-25(17-23-13-9-7-10-14-23)29(41)30(42)26(18-24-15-11-8-12-16-24)38-34(46)28(20(3)4)40-32(44)22(6)36/h7-16,19-22,25-30,41-42H,17-18,35-36H2,1-6H3,(H,37,45)(H,38,46)(H,39,43)(H,40,44). The Morgan fingerprint density at radius 3 is 1.11 bits per heavy atom. The van der Waals surface area contributed by atoms with E-state index < -0.39 is 72.1 Å². The van der Waals surface area contributed by atoms with Gasteiger partial charge in [-0.05, 0) is 49.7 Å². The second-order valence-corrected chi connectivity index (χ2v) is 12.6. The minimum atomic E-state index is -1.56. The number of rotatable bonds is 17. The number of benzene rings is 2. The topological polar surface area (TPSA) is 209 Å². The van der Waals surface area contributed by atoms with Gasteiger partial charge in [0.15, 0.2) is 0 Å². The van der Waals surface area contributed by atoms with Crippen LogP contribution in [0.1, 0.15) is 52.7 Å². The van der Waals surface area contributed by atoms with Gasteiger partial charge in [0, 0.05) is 0 Å². The lowest BCUT2D eigenvalue weighted by atomic mass is 9.90. The van der Waals surface area contributed by atoms with E-state index in [1.807, 2.05) is 60.7 Å². The molecule has 0 heterocycles. The molecule has 0 fully saturated rings. The second-order valence-electron chi connectivity index (χ2n) is 12.6. The summed E-state index contributed by atoms with van der Waals surface area (Å²) in [6.45, 7) is 10.1. The molecular formula is C34H52N6O6. The van der Waals surface area contributed by atoms with Crippen molar-refractivity contribution < 1.29 is 29.4 Å². The van der Waals surface area contributed by atoms with Gasteiger partial charge in [-0.1, -0.05) is 88.4 Å². The summed E-state index contributed by atoms with van der Waals surface area (Å²) in [4.78, 5) is 51.9. The van der Waals surface area contributed by atoms with Gasteiger partial charge in [-0.3, -0.25) is 19.2 Å². The molecule has 0 aromatic heterocycles. The third kappa shape index (κ3) is 11.8. The molecule has 0 bridgehead atoms. The number of hydrogen-bond acceptors (Lipinski definition) is 8. The van der Waals surface area contributed by atoms with E-state index in [2.05, 4.69) is 21.3 Å². The number of hydrogen-bond donors (Lipinski definition) is 8. The molecule has 10 N–H and O–H groups in total. The summed E-state index contributed by atoms with van der Waals surface area (Å²) in [5, 5.41) is 34.4. The molecule has 2 aromatic rings. The molecule has 0 spiro atoms. The fourth-order valence-corrected chi connectivity index (χ4v) is 4.91. The molecule has 46 heavy (non-hydrogen) atoms. The minimum Gasteiger partial charge on any atom is -0.388 e. The number of nitrogens with one attached hydrogen (secondary N) is 4. The molecule has 0 aliphatic carbocycles. The van der Waals surface area contributed by atoms with E-state index in [9.17, 15) is 29.4 Å². The fourth-order valence-electron chi connectivity index (χ4n) is 4.91. The van der Waals surface area contributed by atoms with E-state index in [1.54, 1.807) is 27.7 Å². The Morgan fingerprint density at radius 2 is 0.848 bits per heavy atom. The van der Waals surface area contributed by atoms with E-state index in [0.29, 0.717) is 0 Å². The van der Waals surface area contributed by atoms with Gasteiger partial charge in [-0.15, -0.1) is 0 Å². The Kier molecular flexibility index (Phi) is 15.3. The lowest BCUT2D eigenvalue weighted by molar-refractivity contribution is -0.133. The van der Waals surface area contributed by atoms with Crippen molar-refractivity contribution in [3.63, 3.8) is 0 Å². The molecular weight excluding hydrogens is 588 g/mol. The molecule has 0 radical (unpaired) electrons. The summed E-state index contributed by atoms with van der Waals surface area (Å²) >= 11 is 0. The molecule has 0 saturated heterocycles. The molecule has 12 nitrogen and oxygen atoms in total. The van der Waals surface area contributed by atoms with Crippen LogP contribution in [0.4, 0.5) is 0 Å². The average Bonchev–Trinajstić information content (AvgIpc) is 3.01. The summed E-state index contributed by atoms with van der Waals surface area (Å²) < 4.78 is 0. The highest BCUT2D eigenvalue weighted by molar-refractivity contribution is 5.90. The maximum Gasteiger partial charge on any atom is 0.243 e. The van der Waals surface area contributed by atoms with Crippen molar-refractivity contribution in [1.29, 1.82) is 0 Å². The first-order chi connectivity index (χ1) is 21.6. The van der Waals surface area contributed by atoms with Crippen LogP contribution >= 0.6 is 0 Å². The number of nitrogens with two attached hydrogens (primary N) is 2. The number of amides is 4. The smallest absolute Gasteiger partial charge is 0.243 e. The lowest BCUT2D eigenvalue weighted by Gasteiger charge is -2.35. The van der Waals surface area contributed by atoms with Gasteiger partial charge in [-0.25, -0.2) is 0 Å². The monoisotopic (exact) mass is 640 g/mol. The Bertz CT molecular complexity index is 1160. The summed E-state index contributed by atoms with van der Waals surface area (Å²) in [5.41, 5.74) is 13.0. The van der Waals surface area contributed by atoms with Crippen molar-refractivity contribution in [2.45, 2.75) is 103 Å². The second kappa shape index (κ2) is 18.3. The van der Waals surface area contributed by atoms with Crippen molar-refractivity contribution >= 4 is 23.6 Å². The largest absolute Gasteiger partial charge is 0.388 e. The maximum absolute atomic E-state index is 13.6. The van der Waals surface area contributed by atoms with Crippen LogP contribution in [-0.2, 0) is 32.0 Å². The van der Waals surface area contributed by atoms with Crippen LogP contribution in [0.25, 0.3) is 0 Å². The van der Waals surface area contributed by atoms with Crippen LogP contribution in [0.2, 0.25) is 0 Å². The van der Waals surface area contributed by atoms with Crippen molar-refractivity contribution in [2.75, 3.05) is 0 Å². The van der Waals surface area contributed by atoms with E-state index in [4.69, 9.17) is 11.5 Å². The highest BCUT2D eigenvalue weighted by atomic mass is 16.3. The van der Waals surface area contributed by atoms with Crippen LogP contribution in [-0.4, -0.2) is 82.3 Å². The van der Waals surface area contributed by atoms with Gasteiger partial charge in [0.25, 0.3) is 0 Å². The molecule has 12 heteroatoms. The van der Waals surface area contributed by atoms with Gasteiger partial charge >= 0.3 is 0 Å². The molecule has 0 aliphatic heterocycles. The zero-order valence-corrected chi connectivity index (χ0v) is 27.6. The highest BCUT2D eigenvalue weighted by Gasteiger charge is 2.37. The minimum absolute atomic E-state index is 0.141. The van der Waals surface area contributed by atoms with E-state index >= 15 is 0 Å². The van der Waals surface area contributed by atoms with Crippen LogP contribution in [0.15, 0.2) is 60.7 Å². The average molecular weight is 641 g/mol. The van der Waals surface area contributed by atoms with Crippen LogP contribution < -0.4 is 32.7 Å². The summed E-state index contributed by atoms with van der Waals surface area (Å²) in [6, 6.07) is 12.6. The molecule has 2 aromatic carbocycles. The highest BCUT2D eigenvalue weighted by Crippen LogP contribution is 2.17. The Hall–Kier alpha value is -3.84. The summed E-state index contributed by atoms with van der Waals surface area (Å²) in [5.74, 6) is -2.75. The third-order valence-electron chi connectivity index (χ3n) is 7.75.